The first-order valence-electron chi connectivity index (χ1n) is 6.06. The van der Waals surface area contributed by atoms with E-state index in [1.165, 1.54) is 0 Å². The Balaban J connectivity index is 2.22. The SMILES string of the molecule is CC1CC(=O)C(C(=O)c2cccnc2)C(C)C1. The van der Waals surface area contributed by atoms with Crippen molar-refractivity contribution >= 4 is 11.6 Å². The summed E-state index contributed by atoms with van der Waals surface area (Å²) in [4.78, 5) is 28.2. The van der Waals surface area contributed by atoms with Gasteiger partial charge >= 0.3 is 0 Å². The molecule has 1 aliphatic rings. The number of hydrogen-bond donors (Lipinski definition) is 0. The minimum atomic E-state index is -0.463. The van der Waals surface area contributed by atoms with Crippen molar-refractivity contribution in [2.75, 3.05) is 0 Å². The van der Waals surface area contributed by atoms with Gasteiger partial charge in [-0.1, -0.05) is 13.8 Å². The molecule has 1 saturated carbocycles. The Hall–Kier alpha value is -1.51. The lowest BCUT2D eigenvalue weighted by atomic mass is 9.72. The molecule has 1 heterocycles. The Bertz CT molecular complexity index is 427. The maximum absolute atomic E-state index is 12.3. The number of ketones is 2. The monoisotopic (exact) mass is 231 g/mol. The topological polar surface area (TPSA) is 47.0 Å². The second-order valence-electron chi connectivity index (χ2n) is 5.07. The Labute approximate surface area is 101 Å². The number of carbonyl (C=O) groups excluding carboxylic acids is 2. The van der Waals surface area contributed by atoms with Gasteiger partial charge in [0, 0.05) is 24.4 Å². The highest BCUT2D eigenvalue weighted by Crippen LogP contribution is 2.32. The van der Waals surface area contributed by atoms with Crippen LogP contribution < -0.4 is 0 Å². The minimum absolute atomic E-state index is 0.0671. The van der Waals surface area contributed by atoms with Crippen molar-refractivity contribution in [2.45, 2.75) is 26.7 Å². The summed E-state index contributed by atoms with van der Waals surface area (Å²) in [6.45, 7) is 4.06. The summed E-state index contributed by atoms with van der Waals surface area (Å²) in [5.74, 6) is 0.0948. The fraction of sp³-hybridized carbons (Fsp3) is 0.500. The summed E-state index contributed by atoms with van der Waals surface area (Å²) in [6, 6.07) is 3.46. The van der Waals surface area contributed by atoms with Crippen LogP contribution in [0, 0.1) is 17.8 Å². The third-order valence-corrected chi connectivity index (χ3v) is 3.47. The van der Waals surface area contributed by atoms with Crippen LogP contribution in [0.1, 0.15) is 37.0 Å². The Kier molecular flexibility index (Phi) is 3.36. The van der Waals surface area contributed by atoms with Crippen LogP contribution in [0.25, 0.3) is 0 Å². The lowest BCUT2D eigenvalue weighted by molar-refractivity contribution is -0.125. The normalized spacial score (nSPS) is 29.1. The third-order valence-electron chi connectivity index (χ3n) is 3.47. The van der Waals surface area contributed by atoms with E-state index in [4.69, 9.17) is 0 Å². The molecule has 0 saturated heterocycles. The molecule has 17 heavy (non-hydrogen) atoms. The molecule has 0 spiro atoms. The molecule has 0 aliphatic heterocycles. The van der Waals surface area contributed by atoms with Crippen LogP contribution >= 0.6 is 0 Å². The quantitative estimate of drug-likeness (QED) is 0.580. The van der Waals surface area contributed by atoms with E-state index in [0.29, 0.717) is 17.9 Å². The fourth-order valence-corrected chi connectivity index (χ4v) is 2.73. The Morgan fingerprint density at radius 1 is 1.41 bits per heavy atom. The average molecular weight is 231 g/mol. The molecule has 1 fully saturated rings. The van der Waals surface area contributed by atoms with E-state index in [9.17, 15) is 9.59 Å². The van der Waals surface area contributed by atoms with E-state index in [1.54, 1.807) is 24.5 Å². The Morgan fingerprint density at radius 2 is 2.18 bits per heavy atom. The number of hydrogen-bond acceptors (Lipinski definition) is 3. The third kappa shape index (κ3) is 2.43. The van der Waals surface area contributed by atoms with Crippen molar-refractivity contribution < 1.29 is 9.59 Å². The van der Waals surface area contributed by atoms with Crippen LogP contribution in [-0.4, -0.2) is 16.6 Å². The Morgan fingerprint density at radius 3 is 2.76 bits per heavy atom. The molecule has 3 atom stereocenters. The first kappa shape index (κ1) is 12.0. The van der Waals surface area contributed by atoms with Gasteiger partial charge in [-0.25, -0.2) is 0 Å². The first-order chi connectivity index (χ1) is 8.09. The summed E-state index contributed by atoms with van der Waals surface area (Å²) in [6.07, 6.45) is 4.65. The second-order valence-corrected chi connectivity index (χ2v) is 5.07. The van der Waals surface area contributed by atoms with Crippen LogP contribution in [-0.2, 0) is 4.79 Å². The number of pyridine rings is 1. The smallest absolute Gasteiger partial charge is 0.175 e. The standard InChI is InChI=1S/C14H17NO2/c1-9-6-10(2)13(12(16)7-9)14(17)11-4-3-5-15-8-11/h3-5,8-10,13H,6-7H2,1-2H3. The molecular weight excluding hydrogens is 214 g/mol. The number of carbonyl (C=O) groups is 2. The van der Waals surface area contributed by atoms with Crippen LogP contribution in [0.2, 0.25) is 0 Å². The van der Waals surface area contributed by atoms with Gasteiger partial charge in [-0.15, -0.1) is 0 Å². The first-order valence-corrected chi connectivity index (χ1v) is 6.06. The number of aromatic nitrogens is 1. The molecule has 0 N–H and O–H groups in total. The maximum Gasteiger partial charge on any atom is 0.175 e. The highest BCUT2D eigenvalue weighted by atomic mass is 16.2. The van der Waals surface area contributed by atoms with Gasteiger partial charge in [0.1, 0.15) is 5.78 Å². The lowest BCUT2D eigenvalue weighted by Gasteiger charge is -2.30. The van der Waals surface area contributed by atoms with Gasteiger partial charge in [0.05, 0.1) is 5.92 Å². The molecule has 3 nitrogen and oxygen atoms in total. The van der Waals surface area contributed by atoms with Crippen molar-refractivity contribution in [2.24, 2.45) is 17.8 Å². The molecule has 0 radical (unpaired) electrons. The van der Waals surface area contributed by atoms with Crippen molar-refractivity contribution in [3.05, 3.63) is 30.1 Å². The maximum atomic E-state index is 12.3. The summed E-state index contributed by atoms with van der Waals surface area (Å²) < 4.78 is 0. The van der Waals surface area contributed by atoms with E-state index in [2.05, 4.69) is 11.9 Å². The van der Waals surface area contributed by atoms with Crippen molar-refractivity contribution in [3.63, 3.8) is 0 Å². The molecule has 1 aromatic rings. The summed E-state index contributed by atoms with van der Waals surface area (Å²) >= 11 is 0. The van der Waals surface area contributed by atoms with Gasteiger partial charge in [-0.05, 0) is 30.4 Å². The summed E-state index contributed by atoms with van der Waals surface area (Å²) in [5, 5.41) is 0. The number of rotatable bonds is 2. The molecule has 3 unspecified atom stereocenters. The highest BCUT2D eigenvalue weighted by molar-refractivity contribution is 6.11. The zero-order valence-electron chi connectivity index (χ0n) is 10.2. The predicted octanol–water partition coefficient (Wildman–Crippen LogP) is 2.52. The minimum Gasteiger partial charge on any atom is -0.299 e. The van der Waals surface area contributed by atoms with Crippen molar-refractivity contribution in [1.82, 2.24) is 4.98 Å². The zero-order chi connectivity index (χ0) is 12.4. The molecule has 0 bridgehead atoms. The van der Waals surface area contributed by atoms with Crippen molar-refractivity contribution in [1.29, 1.82) is 0 Å². The lowest BCUT2D eigenvalue weighted by Crippen LogP contribution is -2.36. The molecule has 0 amide bonds. The van der Waals surface area contributed by atoms with Gasteiger partial charge in [-0.3, -0.25) is 14.6 Å². The van der Waals surface area contributed by atoms with Crippen LogP contribution in [0.15, 0.2) is 24.5 Å². The molecule has 90 valence electrons. The fourth-order valence-electron chi connectivity index (χ4n) is 2.73. The number of nitrogens with zero attached hydrogens (tertiary/aromatic N) is 1. The largest absolute Gasteiger partial charge is 0.299 e. The molecule has 1 aliphatic carbocycles. The summed E-state index contributed by atoms with van der Waals surface area (Å²) in [7, 11) is 0. The molecule has 1 aromatic heterocycles. The van der Waals surface area contributed by atoms with Crippen LogP contribution in [0.3, 0.4) is 0 Å². The van der Waals surface area contributed by atoms with E-state index >= 15 is 0 Å². The van der Waals surface area contributed by atoms with Crippen molar-refractivity contribution in [3.8, 4) is 0 Å². The zero-order valence-corrected chi connectivity index (χ0v) is 10.2. The van der Waals surface area contributed by atoms with E-state index in [1.807, 2.05) is 6.92 Å². The molecule has 3 heteroatoms. The number of Topliss-reactive ketones (excluding diaryl/α,β-unsaturated/α-hetero) is 2. The van der Waals surface area contributed by atoms with Gasteiger partial charge in [0.25, 0.3) is 0 Å². The van der Waals surface area contributed by atoms with E-state index in [-0.39, 0.29) is 17.5 Å². The van der Waals surface area contributed by atoms with Gasteiger partial charge < -0.3 is 0 Å². The van der Waals surface area contributed by atoms with Gasteiger partial charge in [0.15, 0.2) is 5.78 Å². The highest BCUT2D eigenvalue weighted by Gasteiger charge is 2.37. The van der Waals surface area contributed by atoms with E-state index < -0.39 is 5.92 Å². The van der Waals surface area contributed by atoms with Crippen LogP contribution in [0.4, 0.5) is 0 Å². The van der Waals surface area contributed by atoms with Gasteiger partial charge in [0.2, 0.25) is 0 Å². The van der Waals surface area contributed by atoms with Crippen LogP contribution in [0.5, 0.6) is 0 Å². The van der Waals surface area contributed by atoms with E-state index in [0.717, 1.165) is 6.42 Å². The molecular formula is C14H17NO2. The van der Waals surface area contributed by atoms with Gasteiger partial charge in [-0.2, -0.15) is 0 Å². The molecule has 2 rings (SSSR count). The second kappa shape index (κ2) is 4.78. The molecule has 0 aromatic carbocycles. The summed E-state index contributed by atoms with van der Waals surface area (Å²) in [5.41, 5.74) is 0.548. The predicted molar refractivity (Wildman–Crippen MR) is 64.6 cm³/mol. The average Bonchev–Trinajstić information content (AvgIpc) is 2.28.